The number of imide groups is 1. The monoisotopic (exact) mass is 407 g/mol. The van der Waals surface area contributed by atoms with Gasteiger partial charge in [0.15, 0.2) is 0 Å². The number of fused-ring (bicyclic) bond motifs is 1. The average molecular weight is 407 g/mol. The van der Waals surface area contributed by atoms with Crippen LogP contribution in [0.25, 0.3) is 0 Å². The third-order valence-corrected chi connectivity index (χ3v) is 6.28. The van der Waals surface area contributed by atoms with Crippen molar-refractivity contribution >= 4 is 28.9 Å². The van der Waals surface area contributed by atoms with E-state index < -0.39 is 4.92 Å². The first-order valence-corrected chi connectivity index (χ1v) is 10.3. The fraction of sp³-hybridized carbons (Fsp3) is 0.391. The molecule has 1 aliphatic heterocycles. The SMILES string of the molecule is CC1CCC2C(=O)N(c3ccc(N(C)Cc4ccccc4)c([N+](=O)[O-])c3)C(=O)C2C1. The molecule has 0 radical (unpaired) electrons. The molecule has 156 valence electrons. The predicted molar refractivity (Wildman–Crippen MR) is 114 cm³/mol. The maximum absolute atomic E-state index is 13.0. The molecule has 0 N–H and O–H groups in total. The summed E-state index contributed by atoms with van der Waals surface area (Å²) >= 11 is 0. The third-order valence-electron chi connectivity index (χ3n) is 6.28. The molecule has 30 heavy (non-hydrogen) atoms. The summed E-state index contributed by atoms with van der Waals surface area (Å²) in [6, 6.07) is 14.3. The molecule has 2 aliphatic rings. The Hall–Kier alpha value is -3.22. The Morgan fingerprint density at radius 1 is 1.07 bits per heavy atom. The number of anilines is 2. The minimum absolute atomic E-state index is 0.116. The van der Waals surface area contributed by atoms with Crippen LogP contribution in [0.5, 0.6) is 0 Å². The van der Waals surface area contributed by atoms with Gasteiger partial charge < -0.3 is 4.90 Å². The topological polar surface area (TPSA) is 83.8 Å². The molecule has 7 heteroatoms. The Bertz CT molecular complexity index is 991. The lowest BCUT2D eigenvalue weighted by atomic mass is 9.76. The predicted octanol–water partition coefficient (Wildman–Crippen LogP) is 4.16. The van der Waals surface area contributed by atoms with E-state index in [0.29, 0.717) is 31.0 Å². The molecule has 2 amide bonds. The van der Waals surface area contributed by atoms with Gasteiger partial charge in [0.1, 0.15) is 5.69 Å². The minimum Gasteiger partial charge on any atom is -0.365 e. The number of nitro benzene ring substituents is 1. The van der Waals surface area contributed by atoms with Gasteiger partial charge in [-0.15, -0.1) is 0 Å². The van der Waals surface area contributed by atoms with Gasteiger partial charge in [-0.05, 0) is 42.9 Å². The molecule has 3 unspecified atom stereocenters. The number of rotatable bonds is 5. The molecular formula is C23H25N3O4. The summed E-state index contributed by atoms with van der Waals surface area (Å²) in [6.45, 7) is 2.60. The number of nitro groups is 1. The van der Waals surface area contributed by atoms with Crippen LogP contribution in [-0.2, 0) is 16.1 Å². The summed E-state index contributed by atoms with van der Waals surface area (Å²) in [6.07, 6.45) is 2.33. The zero-order valence-electron chi connectivity index (χ0n) is 17.2. The maximum atomic E-state index is 13.0. The second-order valence-corrected chi connectivity index (χ2v) is 8.41. The Labute approximate surface area is 175 Å². The molecule has 1 heterocycles. The van der Waals surface area contributed by atoms with Gasteiger partial charge in [-0.3, -0.25) is 19.7 Å². The Kier molecular flexibility index (Phi) is 5.28. The number of carbonyl (C=O) groups excluding carboxylic acids is 2. The average Bonchev–Trinajstić information content (AvgIpc) is 2.98. The van der Waals surface area contributed by atoms with Crippen LogP contribution in [0.4, 0.5) is 17.1 Å². The van der Waals surface area contributed by atoms with E-state index >= 15 is 0 Å². The Morgan fingerprint density at radius 2 is 1.77 bits per heavy atom. The Balaban J connectivity index is 1.64. The van der Waals surface area contributed by atoms with E-state index in [1.807, 2.05) is 30.3 Å². The van der Waals surface area contributed by atoms with Gasteiger partial charge in [0, 0.05) is 19.7 Å². The van der Waals surface area contributed by atoms with Crippen LogP contribution in [0.15, 0.2) is 48.5 Å². The van der Waals surface area contributed by atoms with Crippen LogP contribution in [-0.4, -0.2) is 23.8 Å². The van der Waals surface area contributed by atoms with E-state index in [1.54, 1.807) is 24.1 Å². The molecular weight excluding hydrogens is 382 g/mol. The van der Waals surface area contributed by atoms with Crippen molar-refractivity contribution in [2.75, 3.05) is 16.8 Å². The Morgan fingerprint density at radius 3 is 2.47 bits per heavy atom. The van der Waals surface area contributed by atoms with Gasteiger partial charge in [0.25, 0.3) is 5.69 Å². The second kappa shape index (κ2) is 7.89. The molecule has 0 spiro atoms. The number of hydrogen-bond acceptors (Lipinski definition) is 5. The summed E-state index contributed by atoms with van der Waals surface area (Å²) in [5.74, 6) is -0.645. The normalized spacial score (nSPS) is 23.4. The summed E-state index contributed by atoms with van der Waals surface area (Å²) in [4.78, 5) is 40.2. The first-order valence-electron chi connectivity index (χ1n) is 10.3. The highest BCUT2D eigenvalue weighted by Gasteiger charge is 2.50. The highest BCUT2D eigenvalue weighted by Crippen LogP contribution is 2.43. The summed E-state index contributed by atoms with van der Waals surface area (Å²) in [5, 5.41) is 11.8. The van der Waals surface area contributed by atoms with E-state index in [1.165, 1.54) is 11.0 Å². The smallest absolute Gasteiger partial charge is 0.294 e. The molecule has 4 rings (SSSR count). The highest BCUT2D eigenvalue weighted by molar-refractivity contribution is 6.22. The van der Waals surface area contributed by atoms with Gasteiger partial charge in [0.2, 0.25) is 11.8 Å². The van der Waals surface area contributed by atoms with E-state index in [-0.39, 0.29) is 35.0 Å². The molecule has 0 aromatic heterocycles. The van der Waals surface area contributed by atoms with Crippen molar-refractivity contribution in [3.63, 3.8) is 0 Å². The molecule has 3 atom stereocenters. The van der Waals surface area contributed by atoms with Crippen LogP contribution in [0.3, 0.4) is 0 Å². The minimum atomic E-state index is -0.458. The number of hydrogen-bond donors (Lipinski definition) is 0. The van der Waals surface area contributed by atoms with Crippen LogP contribution >= 0.6 is 0 Å². The molecule has 2 aromatic rings. The lowest BCUT2D eigenvalue weighted by Gasteiger charge is -2.25. The summed E-state index contributed by atoms with van der Waals surface area (Å²) in [5.41, 5.74) is 1.64. The van der Waals surface area contributed by atoms with Crippen LogP contribution in [0.2, 0.25) is 0 Å². The number of nitrogens with zero attached hydrogens (tertiary/aromatic N) is 3. The van der Waals surface area contributed by atoms with Crippen molar-refractivity contribution in [3.8, 4) is 0 Å². The van der Waals surface area contributed by atoms with Gasteiger partial charge >= 0.3 is 0 Å². The molecule has 2 fully saturated rings. The lowest BCUT2D eigenvalue weighted by Crippen LogP contribution is -2.31. The maximum Gasteiger partial charge on any atom is 0.294 e. The second-order valence-electron chi connectivity index (χ2n) is 8.41. The largest absolute Gasteiger partial charge is 0.365 e. The lowest BCUT2D eigenvalue weighted by molar-refractivity contribution is -0.384. The van der Waals surface area contributed by atoms with Crippen molar-refractivity contribution in [1.29, 1.82) is 0 Å². The van der Waals surface area contributed by atoms with E-state index in [0.717, 1.165) is 12.0 Å². The first-order chi connectivity index (χ1) is 14.4. The van der Waals surface area contributed by atoms with Crippen molar-refractivity contribution in [3.05, 3.63) is 64.2 Å². The van der Waals surface area contributed by atoms with E-state index in [9.17, 15) is 19.7 Å². The van der Waals surface area contributed by atoms with Crippen LogP contribution < -0.4 is 9.80 Å². The molecule has 1 aliphatic carbocycles. The van der Waals surface area contributed by atoms with Gasteiger partial charge in [-0.25, -0.2) is 4.90 Å². The number of benzene rings is 2. The molecule has 2 aromatic carbocycles. The van der Waals surface area contributed by atoms with Crippen LogP contribution in [0, 0.1) is 27.9 Å². The molecule has 7 nitrogen and oxygen atoms in total. The highest BCUT2D eigenvalue weighted by atomic mass is 16.6. The summed E-state index contributed by atoms with van der Waals surface area (Å²) in [7, 11) is 1.79. The van der Waals surface area contributed by atoms with E-state index in [4.69, 9.17) is 0 Å². The van der Waals surface area contributed by atoms with Gasteiger partial charge in [-0.2, -0.15) is 0 Å². The van der Waals surface area contributed by atoms with Crippen LogP contribution in [0.1, 0.15) is 31.7 Å². The van der Waals surface area contributed by atoms with Crippen molar-refractivity contribution < 1.29 is 14.5 Å². The fourth-order valence-corrected chi connectivity index (χ4v) is 4.71. The van der Waals surface area contributed by atoms with Crippen molar-refractivity contribution in [2.45, 2.75) is 32.7 Å². The molecule has 1 saturated heterocycles. The summed E-state index contributed by atoms with van der Waals surface area (Å²) < 4.78 is 0. The molecule has 0 bridgehead atoms. The quantitative estimate of drug-likeness (QED) is 0.422. The molecule has 1 saturated carbocycles. The standard InChI is InChI=1S/C23H25N3O4/c1-15-8-10-18-19(12-15)23(28)25(22(18)27)17-9-11-20(21(13-17)26(29)30)24(2)14-16-6-4-3-5-7-16/h3-7,9,11,13,15,18-19H,8,10,12,14H2,1-2H3. The zero-order chi connectivity index (χ0) is 21.4. The van der Waals surface area contributed by atoms with E-state index in [2.05, 4.69) is 6.92 Å². The third kappa shape index (κ3) is 3.56. The first kappa shape index (κ1) is 20.1. The van der Waals surface area contributed by atoms with Crippen molar-refractivity contribution in [2.24, 2.45) is 17.8 Å². The zero-order valence-corrected chi connectivity index (χ0v) is 17.2. The fourth-order valence-electron chi connectivity index (χ4n) is 4.71. The number of carbonyl (C=O) groups is 2. The number of amides is 2. The van der Waals surface area contributed by atoms with Crippen molar-refractivity contribution in [1.82, 2.24) is 0 Å². The van der Waals surface area contributed by atoms with Gasteiger partial charge in [-0.1, -0.05) is 37.3 Å². The van der Waals surface area contributed by atoms with Gasteiger partial charge in [0.05, 0.1) is 22.4 Å².